The summed E-state index contributed by atoms with van der Waals surface area (Å²) in [7, 11) is 0. The lowest BCUT2D eigenvalue weighted by Crippen LogP contribution is -2.56. The maximum atomic E-state index is 6.33. The predicted molar refractivity (Wildman–Crippen MR) is 92.2 cm³/mol. The summed E-state index contributed by atoms with van der Waals surface area (Å²) < 4.78 is 0. The van der Waals surface area contributed by atoms with Gasteiger partial charge in [0.2, 0.25) is 0 Å². The summed E-state index contributed by atoms with van der Waals surface area (Å²) in [6.07, 6.45) is 2.37. The van der Waals surface area contributed by atoms with E-state index in [2.05, 4.69) is 31.0 Å². The molecule has 0 bridgehead atoms. The van der Waals surface area contributed by atoms with E-state index in [1.165, 1.54) is 6.42 Å². The summed E-state index contributed by atoms with van der Waals surface area (Å²) in [4.78, 5) is 2.56. The van der Waals surface area contributed by atoms with Gasteiger partial charge in [-0.25, -0.2) is 0 Å². The molecule has 0 radical (unpaired) electrons. The minimum absolute atomic E-state index is 0.573. The Morgan fingerprint density at radius 2 is 2.10 bits per heavy atom. The zero-order valence-corrected chi connectivity index (χ0v) is 14.7. The Kier molecular flexibility index (Phi) is 6.36. The SMILES string of the molecule is CCC1CNC(CC(C)C)CN1Cc1cc(Cl)ccc1Cl. The van der Waals surface area contributed by atoms with Crippen LogP contribution in [-0.4, -0.2) is 30.1 Å². The van der Waals surface area contributed by atoms with Crippen LogP contribution in [-0.2, 0) is 6.54 Å². The Balaban J connectivity index is 2.08. The van der Waals surface area contributed by atoms with Crippen LogP contribution < -0.4 is 5.32 Å². The second-order valence-corrected chi connectivity index (χ2v) is 7.31. The van der Waals surface area contributed by atoms with E-state index in [-0.39, 0.29) is 0 Å². The van der Waals surface area contributed by atoms with Crippen molar-refractivity contribution in [3.63, 3.8) is 0 Å². The van der Waals surface area contributed by atoms with Gasteiger partial charge in [0.25, 0.3) is 0 Å². The van der Waals surface area contributed by atoms with E-state index in [1.54, 1.807) is 0 Å². The van der Waals surface area contributed by atoms with Crippen molar-refractivity contribution >= 4 is 23.2 Å². The molecule has 1 heterocycles. The molecule has 21 heavy (non-hydrogen) atoms. The Bertz CT molecular complexity index is 462. The highest BCUT2D eigenvalue weighted by Crippen LogP contribution is 2.25. The molecule has 4 heteroatoms. The minimum Gasteiger partial charge on any atom is -0.311 e. The molecule has 2 rings (SSSR count). The molecular formula is C17H26Cl2N2. The maximum Gasteiger partial charge on any atom is 0.0452 e. The van der Waals surface area contributed by atoms with Gasteiger partial charge in [-0.1, -0.05) is 44.0 Å². The summed E-state index contributed by atoms with van der Waals surface area (Å²) in [6.45, 7) is 9.85. The van der Waals surface area contributed by atoms with Crippen molar-refractivity contribution in [3.8, 4) is 0 Å². The standard InChI is InChI=1S/C17H26Cl2N2/c1-4-16-9-20-15(7-12(2)3)11-21(16)10-13-8-14(18)5-6-17(13)19/h5-6,8,12,15-16,20H,4,7,9-11H2,1-3H3. The third-order valence-electron chi connectivity index (χ3n) is 4.22. The third kappa shape index (κ3) is 4.85. The molecular weight excluding hydrogens is 303 g/mol. The number of halogens is 2. The van der Waals surface area contributed by atoms with Gasteiger partial charge in [-0.3, -0.25) is 4.90 Å². The fraction of sp³-hybridized carbons (Fsp3) is 0.647. The highest BCUT2D eigenvalue weighted by molar-refractivity contribution is 6.33. The van der Waals surface area contributed by atoms with Gasteiger partial charge in [0, 0.05) is 41.8 Å². The monoisotopic (exact) mass is 328 g/mol. The lowest BCUT2D eigenvalue weighted by molar-refractivity contribution is 0.111. The van der Waals surface area contributed by atoms with Gasteiger partial charge in [0.15, 0.2) is 0 Å². The Hall–Kier alpha value is -0.280. The van der Waals surface area contributed by atoms with Gasteiger partial charge in [0.05, 0.1) is 0 Å². The van der Waals surface area contributed by atoms with Crippen LogP contribution in [0.1, 0.15) is 39.2 Å². The lowest BCUT2D eigenvalue weighted by atomic mass is 9.98. The summed E-state index contributed by atoms with van der Waals surface area (Å²) in [5, 5.41) is 5.27. The summed E-state index contributed by atoms with van der Waals surface area (Å²) in [6, 6.07) is 6.89. The summed E-state index contributed by atoms with van der Waals surface area (Å²) >= 11 is 12.4. The van der Waals surface area contributed by atoms with Gasteiger partial charge >= 0.3 is 0 Å². The molecule has 0 saturated carbocycles. The molecule has 1 aromatic rings. The van der Waals surface area contributed by atoms with Crippen molar-refractivity contribution in [1.82, 2.24) is 10.2 Å². The van der Waals surface area contributed by atoms with Crippen LogP contribution in [0.15, 0.2) is 18.2 Å². The predicted octanol–water partition coefficient (Wildman–Crippen LogP) is 4.59. The van der Waals surface area contributed by atoms with Crippen LogP contribution in [0.3, 0.4) is 0 Å². The average Bonchev–Trinajstić information content (AvgIpc) is 2.42. The first kappa shape index (κ1) is 17.1. The van der Waals surface area contributed by atoms with Gasteiger partial charge in [0.1, 0.15) is 0 Å². The van der Waals surface area contributed by atoms with E-state index < -0.39 is 0 Å². The Morgan fingerprint density at radius 1 is 1.33 bits per heavy atom. The molecule has 0 aliphatic carbocycles. The second kappa shape index (κ2) is 7.82. The zero-order chi connectivity index (χ0) is 15.4. The first-order valence-corrected chi connectivity index (χ1v) is 8.66. The van der Waals surface area contributed by atoms with Crippen molar-refractivity contribution in [3.05, 3.63) is 33.8 Å². The van der Waals surface area contributed by atoms with Crippen molar-refractivity contribution in [2.24, 2.45) is 5.92 Å². The number of piperazine rings is 1. The highest BCUT2D eigenvalue weighted by Gasteiger charge is 2.27. The lowest BCUT2D eigenvalue weighted by Gasteiger charge is -2.41. The van der Waals surface area contributed by atoms with E-state index in [9.17, 15) is 0 Å². The smallest absolute Gasteiger partial charge is 0.0452 e. The molecule has 1 aliphatic heterocycles. The fourth-order valence-corrected chi connectivity index (χ4v) is 3.51. The maximum absolute atomic E-state index is 6.33. The Morgan fingerprint density at radius 3 is 2.76 bits per heavy atom. The molecule has 118 valence electrons. The van der Waals surface area contributed by atoms with Gasteiger partial charge in [-0.2, -0.15) is 0 Å². The summed E-state index contributed by atoms with van der Waals surface area (Å²) in [5.41, 5.74) is 1.13. The van der Waals surface area contributed by atoms with Crippen molar-refractivity contribution in [1.29, 1.82) is 0 Å². The summed E-state index contributed by atoms with van der Waals surface area (Å²) in [5.74, 6) is 0.720. The van der Waals surface area contributed by atoms with Crippen LogP contribution in [0.2, 0.25) is 10.0 Å². The topological polar surface area (TPSA) is 15.3 Å². The first-order valence-electron chi connectivity index (χ1n) is 7.91. The van der Waals surface area contributed by atoms with E-state index in [0.717, 1.165) is 47.6 Å². The molecule has 1 N–H and O–H groups in total. The third-order valence-corrected chi connectivity index (χ3v) is 4.83. The van der Waals surface area contributed by atoms with Crippen molar-refractivity contribution in [2.45, 2.75) is 52.2 Å². The number of rotatable bonds is 5. The van der Waals surface area contributed by atoms with Crippen LogP contribution in [0.4, 0.5) is 0 Å². The largest absolute Gasteiger partial charge is 0.311 e. The van der Waals surface area contributed by atoms with Crippen LogP contribution in [0.25, 0.3) is 0 Å². The minimum atomic E-state index is 0.573. The van der Waals surface area contributed by atoms with Crippen molar-refractivity contribution < 1.29 is 0 Å². The molecule has 0 aromatic heterocycles. The fourth-order valence-electron chi connectivity index (χ4n) is 3.13. The molecule has 0 amide bonds. The number of nitrogens with one attached hydrogen (secondary N) is 1. The van der Waals surface area contributed by atoms with Crippen LogP contribution in [0.5, 0.6) is 0 Å². The number of benzene rings is 1. The van der Waals surface area contributed by atoms with Crippen LogP contribution >= 0.6 is 23.2 Å². The molecule has 1 fully saturated rings. The van der Waals surface area contributed by atoms with E-state index in [4.69, 9.17) is 23.2 Å². The van der Waals surface area contributed by atoms with E-state index in [0.29, 0.717) is 12.1 Å². The second-order valence-electron chi connectivity index (χ2n) is 6.46. The van der Waals surface area contributed by atoms with Crippen molar-refractivity contribution in [2.75, 3.05) is 13.1 Å². The van der Waals surface area contributed by atoms with E-state index >= 15 is 0 Å². The number of nitrogens with zero attached hydrogens (tertiary/aromatic N) is 1. The average molecular weight is 329 g/mol. The molecule has 2 nitrogen and oxygen atoms in total. The molecule has 2 unspecified atom stereocenters. The Labute approximate surface area is 138 Å². The van der Waals surface area contributed by atoms with Gasteiger partial charge < -0.3 is 5.32 Å². The number of hydrogen-bond donors (Lipinski definition) is 1. The van der Waals surface area contributed by atoms with Gasteiger partial charge in [-0.05, 0) is 42.5 Å². The number of hydrogen-bond acceptors (Lipinski definition) is 2. The molecule has 0 spiro atoms. The molecule has 2 atom stereocenters. The van der Waals surface area contributed by atoms with E-state index in [1.807, 2.05) is 18.2 Å². The van der Waals surface area contributed by atoms with Gasteiger partial charge in [-0.15, -0.1) is 0 Å². The molecule has 1 aromatic carbocycles. The first-order chi connectivity index (χ1) is 9.99. The molecule has 1 saturated heterocycles. The molecule has 1 aliphatic rings. The quantitative estimate of drug-likeness (QED) is 0.850. The normalized spacial score (nSPS) is 23.7. The zero-order valence-electron chi connectivity index (χ0n) is 13.2. The van der Waals surface area contributed by atoms with Crippen LogP contribution in [0, 0.1) is 5.92 Å². The highest BCUT2D eigenvalue weighted by atomic mass is 35.5.